The number of aryl methyl sites for hydroxylation is 2. The number of hydrogen-bond donors (Lipinski definition) is 1. The van der Waals surface area contributed by atoms with Gasteiger partial charge < -0.3 is 14.5 Å². The van der Waals surface area contributed by atoms with E-state index in [1.54, 1.807) is 31.4 Å². The molecule has 1 N–H and O–H groups in total. The summed E-state index contributed by atoms with van der Waals surface area (Å²) in [4.78, 5) is 23.5. The molecule has 0 unspecified atom stereocenters. The number of fused-ring (bicyclic) bond motifs is 1. The van der Waals surface area contributed by atoms with Gasteiger partial charge in [-0.1, -0.05) is 11.3 Å². The molecule has 0 fully saturated rings. The molecular weight excluding hydrogens is 314 g/mol. The predicted molar refractivity (Wildman–Crippen MR) is 90.8 cm³/mol. The average molecular weight is 329 g/mol. The molecule has 0 bridgehead atoms. The number of methoxy groups -OCH3 is 1. The maximum absolute atomic E-state index is 12.4. The zero-order valence-corrected chi connectivity index (χ0v) is 13.7. The van der Waals surface area contributed by atoms with Gasteiger partial charge in [-0.05, 0) is 55.3 Å². The van der Waals surface area contributed by atoms with Gasteiger partial charge in [0.25, 0.3) is 5.91 Å². The second kappa shape index (κ2) is 5.89. The largest absolute Gasteiger partial charge is 0.497 e. The Morgan fingerprint density at radius 3 is 2.57 bits per heavy atom. The van der Waals surface area contributed by atoms with Crippen molar-refractivity contribution in [1.29, 1.82) is 0 Å². The number of rotatable bonds is 3. The number of amides is 1. The third-order valence-corrected chi connectivity index (χ3v) is 4.59. The highest BCUT2D eigenvalue weighted by molar-refractivity contribution is 7.16. The van der Waals surface area contributed by atoms with E-state index < -0.39 is 0 Å². The Balaban J connectivity index is 1.95. The quantitative estimate of drug-likeness (QED) is 0.795. The fourth-order valence-corrected chi connectivity index (χ4v) is 3.22. The summed E-state index contributed by atoms with van der Waals surface area (Å²) in [5.74, 6) is 0.475. The van der Waals surface area contributed by atoms with E-state index in [2.05, 4.69) is 5.32 Å². The molecule has 6 heteroatoms. The molecule has 0 saturated carbocycles. The number of ether oxygens (including phenoxy) is 1. The van der Waals surface area contributed by atoms with Crippen LogP contribution in [0.2, 0.25) is 0 Å². The minimum Gasteiger partial charge on any atom is -0.497 e. The van der Waals surface area contributed by atoms with Crippen LogP contribution in [-0.4, -0.2) is 13.0 Å². The maximum Gasteiger partial charge on any atom is 0.396 e. The standard InChI is InChI=1S/C17H15NO4S/c1-9-8-13(10(2)15-14(9)22-17(20)23-15)18-16(19)11-4-6-12(21-3)7-5-11/h4-8H,1-3H3,(H,18,19). The molecule has 1 aromatic heterocycles. The number of nitrogens with one attached hydrogen (secondary N) is 1. The zero-order chi connectivity index (χ0) is 16.6. The zero-order valence-electron chi connectivity index (χ0n) is 12.9. The first-order valence-corrected chi connectivity index (χ1v) is 7.80. The molecule has 0 aliphatic rings. The normalized spacial score (nSPS) is 10.7. The molecule has 0 spiro atoms. The smallest absolute Gasteiger partial charge is 0.396 e. The first-order valence-electron chi connectivity index (χ1n) is 6.99. The van der Waals surface area contributed by atoms with Crippen LogP contribution < -0.4 is 15.0 Å². The summed E-state index contributed by atoms with van der Waals surface area (Å²) in [6, 6.07) is 8.68. The topological polar surface area (TPSA) is 68.5 Å². The van der Waals surface area contributed by atoms with E-state index in [1.807, 2.05) is 19.9 Å². The van der Waals surface area contributed by atoms with E-state index in [-0.39, 0.29) is 10.8 Å². The van der Waals surface area contributed by atoms with Gasteiger partial charge in [0, 0.05) is 11.3 Å². The van der Waals surface area contributed by atoms with E-state index in [4.69, 9.17) is 9.15 Å². The van der Waals surface area contributed by atoms with Crippen molar-refractivity contribution in [2.24, 2.45) is 0 Å². The summed E-state index contributed by atoms with van der Waals surface area (Å²) in [6.45, 7) is 3.71. The molecule has 3 aromatic rings. The lowest BCUT2D eigenvalue weighted by Gasteiger charge is -2.10. The van der Waals surface area contributed by atoms with Crippen LogP contribution in [-0.2, 0) is 0 Å². The molecule has 1 heterocycles. The summed E-state index contributed by atoms with van der Waals surface area (Å²) < 4.78 is 11.0. The Bertz CT molecular complexity index is 938. The van der Waals surface area contributed by atoms with Crippen LogP contribution >= 0.6 is 11.3 Å². The minimum atomic E-state index is -0.343. The average Bonchev–Trinajstić information content (AvgIpc) is 2.95. The van der Waals surface area contributed by atoms with E-state index in [0.717, 1.165) is 27.2 Å². The van der Waals surface area contributed by atoms with Crippen LogP contribution in [0.15, 0.2) is 39.5 Å². The van der Waals surface area contributed by atoms with Crippen LogP contribution in [0.3, 0.4) is 0 Å². The first-order chi connectivity index (χ1) is 11.0. The molecule has 0 radical (unpaired) electrons. The van der Waals surface area contributed by atoms with Crippen LogP contribution in [0, 0.1) is 13.8 Å². The molecule has 1 amide bonds. The van der Waals surface area contributed by atoms with E-state index >= 15 is 0 Å². The monoisotopic (exact) mass is 329 g/mol. The number of anilines is 1. The van der Waals surface area contributed by atoms with Crippen molar-refractivity contribution >= 4 is 33.2 Å². The number of hydrogen-bond acceptors (Lipinski definition) is 5. The van der Waals surface area contributed by atoms with Crippen LogP contribution in [0.5, 0.6) is 5.75 Å². The lowest BCUT2D eigenvalue weighted by molar-refractivity contribution is 0.102. The fourth-order valence-electron chi connectivity index (χ4n) is 2.37. The van der Waals surface area contributed by atoms with Gasteiger partial charge in [0.1, 0.15) is 5.75 Å². The fraction of sp³-hybridized carbons (Fsp3) is 0.176. The second-order valence-corrected chi connectivity index (χ2v) is 6.11. The number of carbonyl (C=O) groups is 1. The molecule has 118 valence electrons. The van der Waals surface area contributed by atoms with Gasteiger partial charge in [0.2, 0.25) is 0 Å². The number of carbonyl (C=O) groups excluding carboxylic acids is 1. The molecule has 0 aliphatic carbocycles. The Morgan fingerprint density at radius 1 is 1.22 bits per heavy atom. The van der Waals surface area contributed by atoms with Crippen molar-refractivity contribution in [2.45, 2.75) is 13.8 Å². The highest BCUT2D eigenvalue weighted by atomic mass is 32.1. The molecule has 0 atom stereocenters. The summed E-state index contributed by atoms with van der Waals surface area (Å²) in [7, 11) is 1.58. The van der Waals surface area contributed by atoms with Gasteiger partial charge in [0.05, 0.1) is 11.8 Å². The molecule has 5 nitrogen and oxygen atoms in total. The van der Waals surface area contributed by atoms with Gasteiger partial charge in [-0.15, -0.1) is 0 Å². The predicted octanol–water partition coefficient (Wildman–Crippen LogP) is 3.73. The van der Waals surface area contributed by atoms with Crippen molar-refractivity contribution < 1.29 is 13.9 Å². The van der Waals surface area contributed by atoms with Gasteiger partial charge in [-0.25, -0.2) is 4.79 Å². The molecule has 23 heavy (non-hydrogen) atoms. The van der Waals surface area contributed by atoms with Crippen LogP contribution in [0.1, 0.15) is 21.5 Å². The summed E-state index contributed by atoms with van der Waals surface area (Å²) in [5.41, 5.74) is 3.42. The van der Waals surface area contributed by atoms with Gasteiger partial charge >= 0.3 is 4.94 Å². The Morgan fingerprint density at radius 2 is 1.91 bits per heavy atom. The Kier molecular flexibility index (Phi) is 3.92. The third kappa shape index (κ3) is 2.85. The minimum absolute atomic E-state index is 0.217. The van der Waals surface area contributed by atoms with Crippen molar-refractivity contribution in [2.75, 3.05) is 12.4 Å². The number of benzene rings is 2. The highest BCUT2D eigenvalue weighted by Crippen LogP contribution is 2.31. The van der Waals surface area contributed by atoms with E-state index in [9.17, 15) is 9.59 Å². The molecule has 2 aromatic carbocycles. The van der Waals surface area contributed by atoms with Gasteiger partial charge in [-0.2, -0.15) is 0 Å². The summed E-state index contributed by atoms with van der Waals surface area (Å²) in [6.07, 6.45) is 0. The van der Waals surface area contributed by atoms with Crippen molar-refractivity contribution in [3.05, 3.63) is 56.8 Å². The summed E-state index contributed by atoms with van der Waals surface area (Å²) >= 11 is 1.04. The van der Waals surface area contributed by atoms with Crippen LogP contribution in [0.4, 0.5) is 5.69 Å². The third-order valence-electron chi connectivity index (χ3n) is 3.64. The molecular formula is C17H15NO4S. The van der Waals surface area contributed by atoms with Crippen LogP contribution in [0.25, 0.3) is 10.3 Å². The van der Waals surface area contributed by atoms with Crippen molar-refractivity contribution in [3.8, 4) is 5.75 Å². The second-order valence-electron chi connectivity index (χ2n) is 5.16. The van der Waals surface area contributed by atoms with Crippen molar-refractivity contribution in [1.82, 2.24) is 0 Å². The Hall–Kier alpha value is -2.60. The Labute approximate surface area is 136 Å². The lowest BCUT2D eigenvalue weighted by atomic mass is 10.1. The van der Waals surface area contributed by atoms with Gasteiger partial charge in [0.15, 0.2) is 5.58 Å². The SMILES string of the molecule is COc1ccc(C(=O)Nc2cc(C)c3oc(=O)sc3c2C)cc1. The maximum atomic E-state index is 12.4. The molecule has 0 saturated heterocycles. The highest BCUT2D eigenvalue weighted by Gasteiger charge is 2.15. The lowest BCUT2D eigenvalue weighted by Crippen LogP contribution is -2.12. The molecule has 0 aliphatic heterocycles. The van der Waals surface area contributed by atoms with E-state index in [1.165, 1.54) is 0 Å². The van der Waals surface area contributed by atoms with Gasteiger partial charge in [-0.3, -0.25) is 4.79 Å². The first kappa shape index (κ1) is 15.3. The van der Waals surface area contributed by atoms with E-state index in [0.29, 0.717) is 22.6 Å². The van der Waals surface area contributed by atoms with Crippen molar-refractivity contribution in [3.63, 3.8) is 0 Å². The molecule has 3 rings (SSSR count). The summed E-state index contributed by atoms with van der Waals surface area (Å²) in [5, 5.41) is 2.89.